The lowest BCUT2D eigenvalue weighted by Gasteiger charge is -1.97. The lowest BCUT2D eigenvalue weighted by molar-refractivity contribution is -0.113. The van der Waals surface area contributed by atoms with E-state index in [1.54, 1.807) is 0 Å². The van der Waals surface area contributed by atoms with E-state index < -0.39 is 0 Å². The molecule has 1 amide bonds. The molecule has 0 saturated carbocycles. The average molecular weight is 183 g/mol. The lowest BCUT2D eigenvalue weighted by Crippen LogP contribution is -2.05. The summed E-state index contributed by atoms with van der Waals surface area (Å²) in [6, 6.07) is 0. The molecule has 0 bridgehead atoms. The lowest BCUT2D eigenvalue weighted by atomic mass is 10.1. The van der Waals surface area contributed by atoms with Crippen LogP contribution < -0.4 is 5.73 Å². The molecule has 2 nitrogen and oxygen atoms in total. The van der Waals surface area contributed by atoms with Crippen molar-refractivity contribution in [2.45, 2.75) is 51.9 Å². The van der Waals surface area contributed by atoms with E-state index in [-0.39, 0.29) is 5.91 Å². The maximum Gasteiger partial charge on any atom is 0.241 e. The molecule has 76 valence electrons. The summed E-state index contributed by atoms with van der Waals surface area (Å²) in [5.41, 5.74) is 4.95. The molecule has 0 heterocycles. The highest BCUT2D eigenvalue weighted by atomic mass is 16.1. The maximum atomic E-state index is 10.3. The predicted molar refractivity (Wildman–Crippen MR) is 56.3 cm³/mol. The minimum absolute atomic E-state index is 0.342. The SMILES string of the molecule is CCCCCCCC/C=C/C(N)=O. The number of rotatable bonds is 8. The van der Waals surface area contributed by atoms with Crippen molar-refractivity contribution in [1.29, 1.82) is 0 Å². The van der Waals surface area contributed by atoms with Crippen LogP contribution in [0, 0.1) is 0 Å². The Morgan fingerprint density at radius 2 is 1.77 bits per heavy atom. The van der Waals surface area contributed by atoms with E-state index >= 15 is 0 Å². The molecular weight excluding hydrogens is 162 g/mol. The number of hydrogen-bond acceptors (Lipinski definition) is 1. The molecule has 0 spiro atoms. The van der Waals surface area contributed by atoms with Crippen molar-refractivity contribution >= 4 is 5.91 Å². The number of amides is 1. The minimum Gasteiger partial charge on any atom is -0.366 e. The monoisotopic (exact) mass is 183 g/mol. The molecule has 0 aromatic rings. The number of primary amides is 1. The second kappa shape index (κ2) is 9.30. The summed E-state index contributed by atoms with van der Waals surface area (Å²) in [6.45, 7) is 2.22. The Morgan fingerprint density at radius 1 is 1.15 bits per heavy atom. The first-order valence-electron chi connectivity index (χ1n) is 5.23. The fourth-order valence-corrected chi connectivity index (χ4v) is 1.24. The Kier molecular flexibility index (Phi) is 8.73. The highest BCUT2D eigenvalue weighted by Gasteiger charge is 1.88. The van der Waals surface area contributed by atoms with Gasteiger partial charge in [-0.2, -0.15) is 0 Å². The summed E-state index contributed by atoms with van der Waals surface area (Å²) in [5, 5.41) is 0. The first-order valence-corrected chi connectivity index (χ1v) is 5.23. The van der Waals surface area contributed by atoms with Gasteiger partial charge in [0.15, 0.2) is 0 Å². The molecule has 0 aromatic carbocycles. The molecule has 2 N–H and O–H groups in total. The standard InChI is InChI=1S/C11H21NO/c1-2-3-4-5-6-7-8-9-10-11(12)13/h9-10H,2-8H2,1H3,(H2,12,13)/b10-9+. The van der Waals surface area contributed by atoms with Crippen LogP contribution in [0.3, 0.4) is 0 Å². The summed E-state index contributed by atoms with van der Waals surface area (Å²) < 4.78 is 0. The molecule has 0 radical (unpaired) electrons. The van der Waals surface area contributed by atoms with E-state index in [9.17, 15) is 4.79 Å². The summed E-state index contributed by atoms with van der Waals surface area (Å²) in [7, 11) is 0. The molecule has 13 heavy (non-hydrogen) atoms. The Bertz CT molecular complexity index is 152. The topological polar surface area (TPSA) is 43.1 Å². The second-order valence-electron chi connectivity index (χ2n) is 3.36. The van der Waals surface area contributed by atoms with Gasteiger partial charge in [-0.25, -0.2) is 0 Å². The summed E-state index contributed by atoms with van der Waals surface area (Å²) in [6.07, 6.45) is 12.0. The summed E-state index contributed by atoms with van der Waals surface area (Å²) >= 11 is 0. The fraction of sp³-hybridized carbons (Fsp3) is 0.727. The molecule has 2 heteroatoms. The van der Waals surface area contributed by atoms with Gasteiger partial charge >= 0.3 is 0 Å². The van der Waals surface area contributed by atoms with Gasteiger partial charge in [0.05, 0.1) is 0 Å². The zero-order valence-corrected chi connectivity index (χ0v) is 8.59. The van der Waals surface area contributed by atoms with Crippen molar-refractivity contribution in [2.75, 3.05) is 0 Å². The van der Waals surface area contributed by atoms with Crippen LogP contribution in [-0.4, -0.2) is 5.91 Å². The Morgan fingerprint density at radius 3 is 2.38 bits per heavy atom. The molecule has 0 rings (SSSR count). The fourth-order valence-electron chi connectivity index (χ4n) is 1.24. The molecule has 0 aromatic heterocycles. The number of unbranched alkanes of at least 4 members (excludes halogenated alkanes) is 6. The number of allylic oxidation sites excluding steroid dienone is 1. The third kappa shape index (κ3) is 11.2. The van der Waals surface area contributed by atoms with Gasteiger partial charge in [-0.05, 0) is 18.9 Å². The summed E-state index contributed by atoms with van der Waals surface area (Å²) in [4.78, 5) is 10.3. The van der Waals surface area contributed by atoms with Crippen LogP contribution in [0.4, 0.5) is 0 Å². The predicted octanol–water partition coefficient (Wildman–Crippen LogP) is 2.78. The van der Waals surface area contributed by atoms with Gasteiger partial charge in [-0.15, -0.1) is 0 Å². The van der Waals surface area contributed by atoms with Crippen molar-refractivity contribution in [2.24, 2.45) is 5.73 Å². The third-order valence-electron chi connectivity index (χ3n) is 2.01. The molecule has 0 aliphatic heterocycles. The van der Waals surface area contributed by atoms with E-state index in [4.69, 9.17) is 5.73 Å². The van der Waals surface area contributed by atoms with Gasteiger partial charge in [0.2, 0.25) is 5.91 Å². The maximum absolute atomic E-state index is 10.3. The van der Waals surface area contributed by atoms with Crippen LogP contribution in [0.5, 0.6) is 0 Å². The van der Waals surface area contributed by atoms with E-state index in [1.165, 1.54) is 44.6 Å². The Hall–Kier alpha value is -0.790. The van der Waals surface area contributed by atoms with Crippen LogP contribution in [0.2, 0.25) is 0 Å². The molecule has 0 aliphatic rings. The largest absolute Gasteiger partial charge is 0.366 e. The van der Waals surface area contributed by atoms with Gasteiger partial charge in [0.1, 0.15) is 0 Å². The van der Waals surface area contributed by atoms with Crippen molar-refractivity contribution in [3.63, 3.8) is 0 Å². The van der Waals surface area contributed by atoms with Crippen LogP contribution in [0.15, 0.2) is 12.2 Å². The van der Waals surface area contributed by atoms with Crippen molar-refractivity contribution < 1.29 is 4.79 Å². The first kappa shape index (κ1) is 12.2. The first-order chi connectivity index (χ1) is 6.27. The van der Waals surface area contributed by atoms with Gasteiger partial charge < -0.3 is 5.73 Å². The Labute approximate surface area is 81.2 Å². The number of nitrogens with two attached hydrogens (primary N) is 1. The highest BCUT2D eigenvalue weighted by molar-refractivity contribution is 5.85. The van der Waals surface area contributed by atoms with E-state index in [0.717, 1.165) is 6.42 Å². The van der Waals surface area contributed by atoms with Crippen molar-refractivity contribution in [1.82, 2.24) is 0 Å². The number of hydrogen-bond donors (Lipinski definition) is 1. The van der Waals surface area contributed by atoms with Gasteiger partial charge in [0.25, 0.3) is 0 Å². The van der Waals surface area contributed by atoms with Crippen molar-refractivity contribution in [3.8, 4) is 0 Å². The minimum atomic E-state index is -0.342. The average Bonchev–Trinajstić information content (AvgIpc) is 2.09. The summed E-state index contributed by atoms with van der Waals surface area (Å²) in [5.74, 6) is -0.342. The van der Waals surface area contributed by atoms with E-state index in [0.29, 0.717) is 0 Å². The Balaban J connectivity index is 3.03. The molecular formula is C11H21NO. The van der Waals surface area contributed by atoms with Crippen LogP contribution in [0.1, 0.15) is 51.9 Å². The van der Waals surface area contributed by atoms with Gasteiger partial charge in [-0.3, -0.25) is 4.79 Å². The zero-order chi connectivity index (χ0) is 9.94. The molecule has 0 fully saturated rings. The van der Waals surface area contributed by atoms with E-state index in [1.807, 2.05) is 6.08 Å². The quantitative estimate of drug-likeness (QED) is 0.456. The second-order valence-corrected chi connectivity index (χ2v) is 3.36. The van der Waals surface area contributed by atoms with Crippen LogP contribution in [-0.2, 0) is 4.79 Å². The van der Waals surface area contributed by atoms with Crippen LogP contribution >= 0.6 is 0 Å². The highest BCUT2D eigenvalue weighted by Crippen LogP contribution is 2.06. The third-order valence-corrected chi connectivity index (χ3v) is 2.01. The smallest absolute Gasteiger partial charge is 0.241 e. The normalized spacial score (nSPS) is 10.8. The van der Waals surface area contributed by atoms with Crippen LogP contribution in [0.25, 0.3) is 0 Å². The molecule has 0 saturated heterocycles. The van der Waals surface area contributed by atoms with E-state index in [2.05, 4.69) is 6.92 Å². The number of carbonyl (C=O) groups excluding carboxylic acids is 1. The molecule has 0 atom stereocenters. The molecule has 0 aliphatic carbocycles. The van der Waals surface area contributed by atoms with Crippen molar-refractivity contribution in [3.05, 3.63) is 12.2 Å². The zero-order valence-electron chi connectivity index (χ0n) is 8.59. The van der Waals surface area contributed by atoms with Gasteiger partial charge in [-0.1, -0.05) is 45.1 Å². The molecule has 0 unspecified atom stereocenters. The number of carbonyl (C=O) groups is 1. The van der Waals surface area contributed by atoms with Gasteiger partial charge in [0, 0.05) is 0 Å².